The van der Waals surface area contributed by atoms with Crippen molar-refractivity contribution in [2.75, 3.05) is 0 Å². The summed E-state index contributed by atoms with van der Waals surface area (Å²) < 4.78 is 1.62. The highest BCUT2D eigenvalue weighted by Crippen LogP contribution is 2.18. The average molecular weight is 192 g/mol. The van der Waals surface area contributed by atoms with Crippen LogP contribution in [0.4, 0.5) is 5.82 Å². The molecule has 2 heterocycles. The smallest absolute Gasteiger partial charge is 0.358 e. The van der Waals surface area contributed by atoms with Crippen molar-refractivity contribution in [3.05, 3.63) is 40.3 Å². The van der Waals surface area contributed by atoms with Crippen LogP contribution in [0.1, 0.15) is 5.69 Å². The molecule has 0 spiro atoms. The summed E-state index contributed by atoms with van der Waals surface area (Å²) in [6.07, 6.45) is 1.41. The van der Waals surface area contributed by atoms with Gasteiger partial charge in [0.05, 0.1) is 0 Å². The minimum Gasteiger partial charge on any atom is -0.358 e. The van der Waals surface area contributed by atoms with Gasteiger partial charge in [0.2, 0.25) is 6.33 Å². The zero-order valence-corrected chi connectivity index (χ0v) is 7.25. The summed E-state index contributed by atoms with van der Waals surface area (Å²) in [5.41, 5.74) is 6.75. The fourth-order valence-electron chi connectivity index (χ4n) is 1.37. The Hall–Kier alpha value is -1.95. The fourth-order valence-corrected chi connectivity index (χ4v) is 1.37. The van der Waals surface area contributed by atoms with Gasteiger partial charge in [-0.05, 0) is 22.0 Å². The first kappa shape index (κ1) is 8.64. The van der Waals surface area contributed by atoms with Crippen LogP contribution in [-0.2, 0) is 6.54 Å². The van der Waals surface area contributed by atoms with Crippen molar-refractivity contribution in [2.45, 2.75) is 6.54 Å². The van der Waals surface area contributed by atoms with E-state index < -0.39 is 4.92 Å². The first-order chi connectivity index (χ1) is 6.74. The monoisotopic (exact) mass is 192 g/mol. The zero-order valence-electron chi connectivity index (χ0n) is 7.25. The van der Waals surface area contributed by atoms with Crippen LogP contribution in [-0.4, -0.2) is 14.3 Å². The standard InChI is InChI=1S/C8H8N4O2/c9-4-6-2-1-3-7-8(12(13)14)10-5-11(6)7/h1-3,5H,4,9H2. The molecule has 72 valence electrons. The summed E-state index contributed by atoms with van der Waals surface area (Å²) in [6.45, 7) is 0.324. The number of rotatable bonds is 2. The van der Waals surface area contributed by atoms with Gasteiger partial charge in [0, 0.05) is 12.2 Å². The molecule has 0 bridgehead atoms. The van der Waals surface area contributed by atoms with Crippen LogP contribution in [0.25, 0.3) is 5.52 Å². The third-order valence-electron chi connectivity index (χ3n) is 2.02. The number of imidazole rings is 1. The summed E-state index contributed by atoms with van der Waals surface area (Å²) in [4.78, 5) is 13.8. The van der Waals surface area contributed by atoms with Crippen molar-refractivity contribution in [1.82, 2.24) is 9.38 Å². The molecule has 0 aromatic carbocycles. The quantitative estimate of drug-likeness (QED) is 0.560. The van der Waals surface area contributed by atoms with Gasteiger partial charge in [-0.25, -0.2) is 0 Å². The Morgan fingerprint density at radius 2 is 2.36 bits per heavy atom. The second-order valence-corrected chi connectivity index (χ2v) is 2.80. The van der Waals surface area contributed by atoms with Crippen LogP contribution in [0.2, 0.25) is 0 Å². The Bertz CT molecular complexity index is 491. The number of aromatic nitrogens is 2. The van der Waals surface area contributed by atoms with E-state index in [1.165, 1.54) is 6.33 Å². The molecule has 0 saturated carbocycles. The lowest BCUT2D eigenvalue weighted by Crippen LogP contribution is -2.02. The van der Waals surface area contributed by atoms with Gasteiger partial charge in [-0.1, -0.05) is 6.07 Å². The summed E-state index contributed by atoms with van der Waals surface area (Å²) in [5, 5.41) is 10.6. The number of pyridine rings is 1. The molecule has 2 aromatic rings. The van der Waals surface area contributed by atoms with E-state index in [-0.39, 0.29) is 5.82 Å². The number of nitro groups is 1. The maximum atomic E-state index is 10.6. The SMILES string of the molecule is NCc1cccc2c([N+](=O)[O-])ncn12. The molecule has 2 rings (SSSR count). The molecule has 0 fully saturated rings. The van der Waals surface area contributed by atoms with E-state index in [2.05, 4.69) is 4.98 Å². The predicted octanol–water partition coefficient (Wildman–Crippen LogP) is 0.701. The van der Waals surface area contributed by atoms with E-state index in [0.717, 1.165) is 5.69 Å². The molecule has 6 nitrogen and oxygen atoms in total. The van der Waals surface area contributed by atoms with Crippen molar-refractivity contribution in [3.8, 4) is 0 Å². The maximum Gasteiger partial charge on any atom is 0.389 e. The molecular weight excluding hydrogens is 184 g/mol. The molecule has 0 radical (unpaired) electrons. The molecule has 2 aromatic heterocycles. The second kappa shape index (κ2) is 3.08. The van der Waals surface area contributed by atoms with E-state index in [1.54, 1.807) is 22.6 Å². The molecule has 0 saturated heterocycles. The average Bonchev–Trinajstić information content (AvgIpc) is 2.60. The van der Waals surface area contributed by atoms with Crippen LogP contribution >= 0.6 is 0 Å². The van der Waals surface area contributed by atoms with Crippen molar-refractivity contribution >= 4 is 11.3 Å². The lowest BCUT2D eigenvalue weighted by molar-refractivity contribution is -0.387. The topological polar surface area (TPSA) is 86.5 Å². The third kappa shape index (κ3) is 1.12. The van der Waals surface area contributed by atoms with Crippen molar-refractivity contribution in [2.24, 2.45) is 5.73 Å². The van der Waals surface area contributed by atoms with Crippen LogP contribution < -0.4 is 5.73 Å². The normalized spacial score (nSPS) is 10.6. The molecule has 0 aliphatic rings. The Kier molecular flexibility index (Phi) is 1.90. The van der Waals surface area contributed by atoms with E-state index in [1.807, 2.05) is 0 Å². The van der Waals surface area contributed by atoms with E-state index in [9.17, 15) is 10.1 Å². The number of fused-ring (bicyclic) bond motifs is 1. The highest BCUT2D eigenvalue weighted by atomic mass is 16.6. The lowest BCUT2D eigenvalue weighted by atomic mass is 10.3. The van der Waals surface area contributed by atoms with Crippen molar-refractivity contribution < 1.29 is 4.92 Å². The first-order valence-electron chi connectivity index (χ1n) is 4.03. The second-order valence-electron chi connectivity index (χ2n) is 2.80. The van der Waals surface area contributed by atoms with Gasteiger partial charge in [0.25, 0.3) is 0 Å². The summed E-state index contributed by atoms with van der Waals surface area (Å²) >= 11 is 0. The largest absolute Gasteiger partial charge is 0.389 e. The molecule has 0 aliphatic carbocycles. The van der Waals surface area contributed by atoms with Gasteiger partial charge in [-0.3, -0.25) is 4.40 Å². The highest BCUT2D eigenvalue weighted by molar-refractivity contribution is 5.61. The number of nitrogens with two attached hydrogens (primary N) is 1. The number of hydrogen-bond donors (Lipinski definition) is 1. The molecule has 14 heavy (non-hydrogen) atoms. The maximum absolute atomic E-state index is 10.6. The molecule has 2 N–H and O–H groups in total. The molecular formula is C8H8N4O2. The lowest BCUT2D eigenvalue weighted by Gasteiger charge is -1.99. The van der Waals surface area contributed by atoms with Gasteiger partial charge < -0.3 is 15.8 Å². The Labute approximate surface area is 79.1 Å². The van der Waals surface area contributed by atoms with Crippen LogP contribution in [0.5, 0.6) is 0 Å². The van der Waals surface area contributed by atoms with Crippen LogP contribution in [0.3, 0.4) is 0 Å². The number of nitrogens with zero attached hydrogens (tertiary/aromatic N) is 3. The predicted molar refractivity (Wildman–Crippen MR) is 49.7 cm³/mol. The van der Waals surface area contributed by atoms with Gasteiger partial charge in [-0.15, -0.1) is 0 Å². The van der Waals surface area contributed by atoms with E-state index in [4.69, 9.17) is 5.73 Å². The summed E-state index contributed by atoms with van der Waals surface area (Å²) in [5.74, 6) is -0.139. The minimum atomic E-state index is -0.504. The third-order valence-corrected chi connectivity index (χ3v) is 2.02. The fraction of sp³-hybridized carbons (Fsp3) is 0.125. The van der Waals surface area contributed by atoms with Crippen molar-refractivity contribution in [3.63, 3.8) is 0 Å². The molecule has 0 unspecified atom stereocenters. The van der Waals surface area contributed by atoms with Gasteiger partial charge in [0.15, 0.2) is 0 Å². The first-order valence-corrected chi connectivity index (χ1v) is 4.03. The van der Waals surface area contributed by atoms with Crippen LogP contribution in [0, 0.1) is 10.1 Å². The minimum absolute atomic E-state index is 0.139. The zero-order chi connectivity index (χ0) is 10.1. The van der Waals surface area contributed by atoms with E-state index >= 15 is 0 Å². The van der Waals surface area contributed by atoms with Crippen LogP contribution in [0.15, 0.2) is 24.5 Å². The Morgan fingerprint density at radius 3 is 3.00 bits per heavy atom. The van der Waals surface area contributed by atoms with Gasteiger partial charge >= 0.3 is 5.82 Å². The number of hydrogen-bond acceptors (Lipinski definition) is 4. The summed E-state index contributed by atoms with van der Waals surface area (Å²) in [6, 6.07) is 5.18. The highest BCUT2D eigenvalue weighted by Gasteiger charge is 2.15. The van der Waals surface area contributed by atoms with E-state index in [0.29, 0.717) is 12.1 Å². The Morgan fingerprint density at radius 1 is 1.57 bits per heavy atom. The Balaban J connectivity index is 2.75. The summed E-state index contributed by atoms with van der Waals surface area (Å²) in [7, 11) is 0. The van der Waals surface area contributed by atoms with Gasteiger partial charge in [-0.2, -0.15) is 0 Å². The molecule has 0 aliphatic heterocycles. The molecule has 6 heteroatoms. The van der Waals surface area contributed by atoms with Crippen molar-refractivity contribution in [1.29, 1.82) is 0 Å². The molecule has 0 amide bonds. The molecule has 0 atom stereocenters. The van der Waals surface area contributed by atoms with Gasteiger partial charge in [0.1, 0.15) is 5.52 Å².